The molecule has 0 bridgehead atoms. The molecule has 0 spiro atoms. The monoisotopic (exact) mass is 448 g/mol. The van der Waals surface area contributed by atoms with Crippen LogP contribution in [0, 0.1) is 5.92 Å². The van der Waals surface area contributed by atoms with Crippen molar-refractivity contribution in [2.24, 2.45) is 5.92 Å². The Bertz CT molecular complexity index is 500. The smallest absolute Gasteiger partial charge is 0.138 e. The van der Waals surface area contributed by atoms with Crippen molar-refractivity contribution in [3.8, 4) is 5.75 Å². The van der Waals surface area contributed by atoms with Gasteiger partial charge in [0.05, 0.1) is 17.7 Å². The van der Waals surface area contributed by atoms with Gasteiger partial charge in [-0.1, -0.05) is 15.9 Å². The van der Waals surface area contributed by atoms with E-state index < -0.39 is 0 Å². The Morgan fingerprint density at radius 2 is 2.17 bits per heavy atom. The topological polar surface area (TPSA) is 33.7 Å². The van der Waals surface area contributed by atoms with Crippen LogP contribution < -0.4 is 10.1 Å². The minimum atomic E-state index is 0.671. The molecule has 0 aliphatic carbocycles. The number of benzene rings is 1. The lowest BCUT2D eigenvalue weighted by Crippen LogP contribution is -2.28. The molecule has 1 saturated heterocycles. The summed E-state index contributed by atoms with van der Waals surface area (Å²) in [5.41, 5.74) is 1.18. The van der Waals surface area contributed by atoms with Crippen LogP contribution in [0.1, 0.15) is 18.9 Å². The Balaban J connectivity index is 1.82. The fourth-order valence-electron chi connectivity index (χ4n) is 2.96. The average molecular weight is 450 g/mol. The zero-order chi connectivity index (χ0) is 16.7. The number of hydrogen-bond donors (Lipinski definition) is 1. The average Bonchev–Trinajstić information content (AvgIpc) is 2.96. The van der Waals surface area contributed by atoms with Crippen LogP contribution >= 0.6 is 31.9 Å². The Hall–Kier alpha value is -0.140. The van der Waals surface area contributed by atoms with E-state index in [4.69, 9.17) is 9.47 Å². The third-order valence-corrected chi connectivity index (χ3v) is 5.15. The fraction of sp³-hybridized carbons (Fsp3) is 0.647. The van der Waals surface area contributed by atoms with Crippen molar-refractivity contribution in [1.82, 2.24) is 10.2 Å². The first-order chi connectivity index (χ1) is 11.1. The normalized spacial score (nSPS) is 18.5. The van der Waals surface area contributed by atoms with Gasteiger partial charge in [-0.25, -0.2) is 0 Å². The molecule has 0 radical (unpaired) electrons. The summed E-state index contributed by atoms with van der Waals surface area (Å²) in [5, 5.41) is 3.59. The molecule has 1 aromatic rings. The molecule has 23 heavy (non-hydrogen) atoms. The van der Waals surface area contributed by atoms with Crippen LogP contribution in [0.3, 0.4) is 0 Å². The van der Waals surface area contributed by atoms with E-state index in [0.717, 1.165) is 53.4 Å². The molecular weight excluding hydrogens is 424 g/mol. The molecule has 2 rings (SSSR count). The number of methoxy groups -OCH3 is 1. The minimum absolute atomic E-state index is 0.671. The molecule has 1 aromatic carbocycles. The van der Waals surface area contributed by atoms with E-state index in [1.54, 1.807) is 7.11 Å². The van der Waals surface area contributed by atoms with Gasteiger partial charge in [-0.15, -0.1) is 0 Å². The Labute approximate surface area is 156 Å². The first-order valence-corrected chi connectivity index (χ1v) is 9.75. The molecule has 1 fully saturated rings. The summed E-state index contributed by atoms with van der Waals surface area (Å²) >= 11 is 7.14. The van der Waals surface area contributed by atoms with Crippen LogP contribution in [0.5, 0.6) is 5.75 Å². The largest absolute Gasteiger partial charge is 0.492 e. The summed E-state index contributed by atoms with van der Waals surface area (Å²) < 4.78 is 13.0. The van der Waals surface area contributed by atoms with Crippen molar-refractivity contribution in [2.45, 2.75) is 19.9 Å². The molecule has 0 amide bonds. The van der Waals surface area contributed by atoms with Gasteiger partial charge in [0.1, 0.15) is 5.75 Å². The second-order valence-corrected chi connectivity index (χ2v) is 7.66. The number of nitrogens with zero attached hydrogens (tertiary/aromatic N) is 1. The van der Waals surface area contributed by atoms with Crippen molar-refractivity contribution >= 4 is 31.9 Å². The van der Waals surface area contributed by atoms with Crippen LogP contribution in [0.15, 0.2) is 21.1 Å². The van der Waals surface area contributed by atoms with Gasteiger partial charge in [-0.05, 0) is 60.4 Å². The van der Waals surface area contributed by atoms with E-state index in [1.165, 1.54) is 18.5 Å². The van der Waals surface area contributed by atoms with E-state index in [-0.39, 0.29) is 0 Å². The number of hydrogen-bond acceptors (Lipinski definition) is 4. The zero-order valence-corrected chi connectivity index (χ0v) is 17.1. The predicted octanol–water partition coefficient (Wildman–Crippen LogP) is 3.67. The maximum absolute atomic E-state index is 5.78. The van der Waals surface area contributed by atoms with Gasteiger partial charge in [0.2, 0.25) is 0 Å². The number of rotatable bonds is 9. The Morgan fingerprint density at radius 3 is 2.91 bits per heavy atom. The summed E-state index contributed by atoms with van der Waals surface area (Å²) in [4.78, 5) is 2.48. The Kier molecular flexibility index (Phi) is 8.33. The van der Waals surface area contributed by atoms with Crippen molar-refractivity contribution in [3.05, 3.63) is 26.6 Å². The van der Waals surface area contributed by atoms with Gasteiger partial charge in [0.25, 0.3) is 0 Å². The van der Waals surface area contributed by atoms with Crippen LogP contribution in [-0.4, -0.2) is 51.4 Å². The standard InChI is InChI=1S/C17H26Br2N2O2/c1-3-23-17-14(8-15(18)9-16(17)19)11-20-10-13-4-5-21(12-13)6-7-22-2/h8-9,13,20H,3-7,10-12H2,1-2H3. The first kappa shape index (κ1) is 19.2. The summed E-state index contributed by atoms with van der Waals surface area (Å²) in [6.07, 6.45) is 1.26. The van der Waals surface area contributed by atoms with Crippen LogP contribution in [-0.2, 0) is 11.3 Å². The second kappa shape index (κ2) is 9.99. The highest BCUT2D eigenvalue weighted by molar-refractivity contribution is 9.11. The molecule has 1 N–H and O–H groups in total. The van der Waals surface area contributed by atoms with E-state index in [2.05, 4.69) is 48.1 Å². The van der Waals surface area contributed by atoms with Gasteiger partial charge in [-0.2, -0.15) is 0 Å². The quantitative estimate of drug-likeness (QED) is 0.623. The predicted molar refractivity (Wildman–Crippen MR) is 101 cm³/mol. The highest BCUT2D eigenvalue weighted by Crippen LogP contribution is 2.33. The van der Waals surface area contributed by atoms with E-state index >= 15 is 0 Å². The molecule has 6 heteroatoms. The van der Waals surface area contributed by atoms with Gasteiger partial charge in [0, 0.05) is 36.8 Å². The van der Waals surface area contributed by atoms with E-state index in [0.29, 0.717) is 6.61 Å². The third-order valence-electron chi connectivity index (χ3n) is 4.10. The van der Waals surface area contributed by atoms with E-state index in [1.807, 2.05) is 13.0 Å². The molecule has 4 nitrogen and oxygen atoms in total. The second-order valence-electron chi connectivity index (χ2n) is 5.89. The molecule has 1 aliphatic rings. The molecule has 1 unspecified atom stereocenters. The van der Waals surface area contributed by atoms with Crippen molar-refractivity contribution < 1.29 is 9.47 Å². The van der Waals surface area contributed by atoms with Crippen LogP contribution in [0.2, 0.25) is 0 Å². The van der Waals surface area contributed by atoms with Gasteiger partial charge in [0.15, 0.2) is 0 Å². The summed E-state index contributed by atoms with van der Waals surface area (Å²) in [7, 11) is 1.77. The zero-order valence-electron chi connectivity index (χ0n) is 13.9. The molecule has 1 aliphatic heterocycles. The summed E-state index contributed by atoms with van der Waals surface area (Å²) in [6.45, 7) is 8.76. The van der Waals surface area contributed by atoms with Gasteiger partial charge >= 0.3 is 0 Å². The highest BCUT2D eigenvalue weighted by atomic mass is 79.9. The number of halogens is 2. The Morgan fingerprint density at radius 1 is 1.35 bits per heavy atom. The molecule has 0 aromatic heterocycles. The third kappa shape index (κ3) is 6.02. The minimum Gasteiger partial charge on any atom is -0.492 e. The van der Waals surface area contributed by atoms with Gasteiger partial charge in [-0.3, -0.25) is 0 Å². The van der Waals surface area contributed by atoms with Crippen LogP contribution in [0.4, 0.5) is 0 Å². The summed E-state index contributed by atoms with van der Waals surface area (Å²) in [5.74, 6) is 1.66. The summed E-state index contributed by atoms with van der Waals surface area (Å²) in [6, 6.07) is 4.15. The first-order valence-electron chi connectivity index (χ1n) is 8.16. The number of ether oxygens (including phenoxy) is 2. The van der Waals surface area contributed by atoms with Crippen molar-refractivity contribution in [2.75, 3.05) is 46.5 Å². The lowest BCUT2D eigenvalue weighted by Gasteiger charge is -2.17. The lowest BCUT2D eigenvalue weighted by molar-refractivity contribution is 0.159. The maximum Gasteiger partial charge on any atom is 0.138 e. The van der Waals surface area contributed by atoms with E-state index in [9.17, 15) is 0 Å². The highest BCUT2D eigenvalue weighted by Gasteiger charge is 2.21. The van der Waals surface area contributed by atoms with Crippen molar-refractivity contribution in [1.29, 1.82) is 0 Å². The van der Waals surface area contributed by atoms with Crippen LogP contribution in [0.25, 0.3) is 0 Å². The lowest BCUT2D eigenvalue weighted by atomic mass is 10.1. The number of likely N-dealkylation sites (tertiary alicyclic amines) is 1. The molecule has 1 atom stereocenters. The SMILES string of the molecule is CCOc1c(Br)cc(Br)cc1CNCC1CCN(CCOC)C1. The molecule has 1 heterocycles. The van der Waals surface area contributed by atoms with Crippen molar-refractivity contribution in [3.63, 3.8) is 0 Å². The molecule has 0 saturated carbocycles. The number of nitrogens with one attached hydrogen (secondary N) is 1. The fourth-order valence-corrected chi connectivity index (χ4v) is 4.39. The van der Waals surface area contributed by atoms with Gasteiger partial charge < -0.3 is 19.7 Å². The maximum atomic E-state index is 5.78. The molecular formula is C17H26Br2N2O2. The molecule has 130 valence electrons.